The zero-order valence-corrected chi connectivity index (χ0v) is 18.2. The van der Waals surface area contributed by atoms with Crippen molar-refractivity contribution in [3.05, 3.63) is 60.2 Å². The number of nitrogens with one attached hydrogen (secondary N) is 2. The zero-order chi connectivity index (χ0) is 23.1. The van der Waals surface area contributed by atoms with Gasteiger partial charge >= 0.3 is 6.36 Å². The van der Waals surface area contributed by atoms with Crippen LogP contribution in [-0.2, 0) is 0 Å². The molecule has 0 amide bonds. The maximum atomic E-state index is 12.6. The van der Waals surface area contributed by atoms with Crippen LogP contribution >= 0.6 is 0 Å². The minimum Gasteiger partial charge on any atom is -0.406 e. The Morgan fingerprint density at radius 1 is 1.00 bits per heavy atom. The number of aryl methyl sites for hydroxylation is 1. The summed E-state index contributed by atoms with van der Waals surface area (Å²) in [5.74, 6) is 0.608. The number of rotatable bonds is 9. The lowest BCUT2D eigenvalue weighted by Gasteiger charge is -2.14. The lowest BCUT2D eigenvalue weighted by molar-refractivity contribution is -0.274. The number of alkyl halides is 3. The average Bonchev–Trinajstić information content (AvgIpc) is 2.72. The van der Waals surface area contributed by atoms with Crippen LogP contribution in [-0.4, -0.2) is 48.4 Å². The maximum Gasteiger partial charge on any atom is 0.573 e. The largest absolute Gasteiger partial charge is 0.573 e. The molecule has 32 heavy (non-hydrogen) atoms. The first-order chi connectivity index (χ1) is 15.2. The third-order valence-electron chi connectivity index (χ3n) is 4.48. The van der Waals surface area contributed by atoms with E-state index in [0.717, 1.165) is 24.2 Å². The molecule has 9 heteroatoms. The molecule has 0 spiro atoms. The van der Waals surface area contributed by atoms with E-state index >= 15 is 0 Å². The van der Waals surface area contributed by atoms with E-state index < -0.39 is 6.36 Å². The highest BCUT2D eigenvalue weighted by molar-refractivity contribution is 5.68. The fourth-order valence-corrected chi connectivity index (χ4v) is 2.97. The standard InChI is InChI=1S/C23H26F3N5O/c1-16-8-10-18(11-9-16)28-21-15-20(29-22(30-21)27-12-5-13-31(2)3)17-6-4-7-19(14-17)32-23(24,25)26/h4,6-11,14-15H,5,12-13H2,1-3H3,(H2,27,28,29,30). The molecule has 2 aromatic carbocycles. The van der Waals surface area contributed by atoms with Crippen LogP contribution in [0.25, 0.3) is 11.3 Å². The molecule has 0 aliphatic heterocycles. The minimum atomic E-state index is -4.76. The van der Waals surface area contributed by atoms with Crippen LogP contribution in [0.2, 0.25) is 0 Å². The highest BCUT2D eigenvalue weighted by Crippen LogP contribution is 2.29. The van der Waals surface area contributed by atoms with Crippen molar-refractivity contribution in [2.24, 2.45) is 0 Å². The van der Waals surface area contributed by atoms with Gasteiger partial charge in [0, 0.05) is 23.9 Å². The fourth-order valence-electron chi connectivity index (χ4n) is 2.97. The Morgan fingerprint density at radius 3 is 2.44 bits per heavy atom. The molecule has 0 saturated heterocycles. The van der Waals surface area contributed by atoms with Crippen molar-refractivity contribution < 1.29 is 17.9 Å². The molecule has 0 saturated carbocycles. The first-order valence-corrected chi connectivity index (χ1v) is 10.2. The van der Waals surface area contributed by atoms with Crippen molar-refractivity contribution in [3.63, 3.8) is 0 Å². The first kappa shape index (κ1) is 23.3. The Hall–Kier alpha value is -3.33. The topological polar surface area (TPSA) is 62.3 Å². The predicted octanol–water partition coefficient (Wildman–Crippen LogP) is 5.46. The van der Waals surface area contributed by atoms with Gasteiger partial charge in [0.25, 0.3) is 0 Å². The number of halogens is 3. The lowest BCUT2D eigenvalue weighted by Crippen LogP contribution is -2.17. The lowest BCUT2D eigenvalue weighted by atomic mass is 10.1. The highest BCUT2D eigenvalue weighted by Gasteiger charge is 2.31. The molecule has 0 radical (unpaired) electrons. The summed E-state index contributed by atoms with van der Waals surface area (Å²) in [5, 5.41) is 6.43. The summed E-state index contributed by atoms with van der Waals surface area (Å²) in [6.07, 6.45) is -3.88. The van der Waals surface area contributed by atoms with Gasteiger partial charge in [0.2, 0.25) is 5.95 Å². The van der Waals surface area contributed by atoms with E-state index in [1.807, 2.05) is 45.3 Å². The quantitative estimate of drug-likeness (QED) is 0.427. The van der Waals surface area contributed by atoms with Gasteiger partial charge in [0.15, 0.2) is 0 Å². The van der Waals surface area contributed by atoms with Crippen LogP contribution < -0.4 is 15.4 Å². The van der Waals surface area contributed by atoms with Gasteiger partial charge in [-0.25, -0.2) is 4.98 Å². The van der Waals surface area contributed by atoms with Crippen molar-refractivity contribution in [1.82, 2.24) is 14.9 Å². The number of hydrogen-bond donors (Lipinski definition) is 2. The first-order valence-electron chi connectivity index (χ1n) is 10.2. The molecule has 1 heterocycles. The predicted molar refractivity (Wildman–Crippen MR) is 120 cm³/mol. The molecular formula is C23H26F3N5O. The molecule has 0 atom stereocenters. The number of benzene rings is 2. The van der Waals surface area contributed by atoms with Crippen molar-refractivity contribution in [2.75, 3.05) is 37.8 Å². The van der Waals surface area contributed by atoms with Crippen molar-refractivity contribution in [1.29, 1.82) is 0 Å². The fraction of sp³-hybridized carbons (Fsp3) is 0.304. The van der Waals surface area contributed by atoms with Crippen LogP contribution in [0.1, 0.15) is 12.0 Å². The van der Waals surface area contributed by atoms with Gasteiger partial charge in [-0.2, -0.15) is 4.98 Å². The summed E-state index contributed by atoms with van der Waals surface area (Å²) in [7, 11) is 3.99. The molecule has 6 nitrogen and oxygen atoms in total. The Labute approximate surface area is 185 Å². The average molecular weight is 445 g/mol. The molecule has 3 aromatic rings. The van der Waals surface area contributed by atoms with Crippen LogP contribution in [0.4, 0.5) is 30.6 Å². The third kappa shape index (κ3) is 7.42. The Balaban J connectivity index is 1.88. The second kappa shape index (κ2) is 10.3. The van der Waals surface area contributed by atoms with Crippen molar-refractivity contribution in [2.45, 2.75) is 19.7 Å². The van der Waals surface area contributed by atoms with E-state index in [9.17, 15) is 13.2 Å². The van der Waals surface area contributed by atoms with E-state index in [1.54, 1.807) is 12.1 Å². The van der Waals surface area contributed by atoms with Gasteiger partial charge in [-0.3, -0.25) is 0 Å². The summed E-state index contributed by atoms with van der Waals surface area (Å²) in [6.45, 7) is 3.55. The molecular weight excluding hydrogens is 419 g/mol. The van der Waals surface area contributed by atoms with Crippen molar-refractivity contribution in [3.8, 4) is 17.0 Å². The number of ether oxygens (including phenoxy) is 1. The number of nitrogens with zero attached hydrogens (tertiary/aromatic N) is 3. The third-order valence-corrected chi connectivity index (χ3v) is 4.48. The van der Waals surface area contributed by atoms with Gasteiger partial charge < -0.3 is 20.3 Å². The molecule has 0 fully saturated rings. The van der Waals surface area contributed by atoms with Crippen molar-refractivity contribution >= 4 is 17.5 Å². The zero-order valence-electron chi connectivity index (χ0n) is 18.2. The van der Waals surface area contributed by atoms with Gasteiger partial charge in [0.1, 0.15) is 11.6 Å². The summed E-state index contributed by atoms with van der Waals surface area (Å²) in [5.41, 5.74) is 2.92. The van der Waals surface area contributed by atoms with Crippen LogP contribution in [0.5, 0.6) is 5.75 Å². The van der Waals surface area contributed by atoms with Gasteiger partial charge in [-0.05, 0) is 58.3 Å². The number of aromatic nitrogens is 2. The molecule has 2 N–H and O–H groups in total. The van der Waals surface area contributed by atoms with Gasteiger partial charge in [0.05, 0.1) is 5.69 Å². The summed E-state index contributed by atoms with van der Waals surface area (Å²) in [6, 6.07) is 15.2. The molecule has 0 unspecified atom stereocenters. The molecule has 0 aliphatic carbocycles. The van der Waals surface area contributed by atoms with E-state index in [-0.39, 0.29) is 5.75 Å². The van der Waals surface area contributed by atoms with E-state index in [2.05, 4.69) is 30.2 Å². The highest BCUT2D eigenvalue weighted by atomic mass is 19.4. The SMILES string of the molecule is Cc1ccc(Nc2cc(-c3cccc(OC(F)(F)F)c3)nc(NCCCN(C)C)n2)cc1. The number of hydrogen-bond acceptors (Lipinski definition) is 6. The second-order valence-corrected chi connectivity index (χ2v) is 7.61. The number of anilines is 3. The van der Waals surface area contributed by atoms with E-state index in [4.69, 9.17) is 0 Å². The van der Waals surface area contributed by atoms with E-state index in [1.165, 1.54) is 18.2 Å². The summed E-state index contributed by atoms with van der Waals surface area (Å²) < 4.78 is 42.0. The molecule has 0 bridgehead atoms. The monoisotopic (exact) mass is 445 g/mol. The van der Waals surface area contributed by atoms with Crippen LogP contribution in [0.15, 0.2) is 54.6 Å². The summed E-state index contributed by atoms with van der Waals surface area (Å²) in [4.78, 5) is 11.1. The Bertz CT molecular complexity index is 1020. The van der Waals surface area contributed by atoms with Gasteiger partial charge in [-0.15, -0.1) is 13.2 Å². The molecule has 1 aromatic heterocycles. The normalized spacial score (nSPS) is 11.5. The molecule has 3 rings (SSSR count). The summed E-state index contributed by atoms with van der Waals surface area (Å²) >= 11 is 0. The van der Waals surface area contributed by atoms with Gasteiger partial charge in [-0.1, -0.05) is 29.8 Å². The smallest absolute Gasteiger partial charge is 0.406 e. The van der Waals surface area contributed by atoms with Crippen LogP contribution in [0, 0.1) is 6.92 Å². The Morgan fingerprint density at radius 2 is 1.75 bits per heavy atom. The Kier molecular flexibility index (Phi) is 7.53. The molecule has 170 valence electrons. The second-order valence-electron chi connectivity index (χ2n) is 7.61. The minimum absolute atomic E-state index is 0.304. The van der Waals surface area contributed by atoms with Crippen LogP contribution in [0.3, 0.4) is 0 Å². The van der Waals surface area contributed by atoms with E-state index in [0.29, 0.717) is 29.6 Å². The molecule has 0 aliphatic rings. The maximum absolute atomic E-state index is 12.6.